The van der Waals surface area contributed by atoms with E-state index in [2.05, 4.69) is 81.4 Å². The number of hydrogen-bond acceptors (Lipinski definition) is 2. The molecule has 0 aromatic heterocycles. The number of unbranched alkanes of at least 4 members (excludes halogenated alkanes) is 10. The molecule has 0 aromatic carbocycles. The van der Waals surface area contributed by atoms with E-state index < -0.39 is 0 Å². The van der Waals surface area contributed by atoms with Crippen LogP contribution in [0, 0.1) is 0 Å². The molecule has 2 aliphatic rings. The molecule has 2 unspecified atom stereocenters. The van der Waals surface area contributed by atoms with Gasteiger partial charge in [0.25, 0.3) is 0 Å². The third-order valence-electron chi connectivity index (χ3n) is 5.85. The van der Waals surface area contributed by atoms with Gasteiger partial charge in [0.2, 0.25) is 0 Å². The van der Waals surface area contributed by atoms with Crippen LogP contribution in [0.15, 0.2) is 19.8 Å². The van der Waals surface area contributed by atoms with Crippen molar-refractivity contribution in [3.8, 4) is 0 Å². The minimum atomic E-state index is 0.451. The van der Waals surface area contributed by atoms with Crippen LogP contribution in [-0.2, 0) is 0 Å². The van der Waals surface area contributed by atoms with Gasteiger partial charge in [-0.2, -0.15) is 0 Å². The summed E-state index contributed by atoms with van der Waals surface area (Å²) >= 11 is 11.8. The Morgan fingerprint density at radius 3 is 1.40 bits per heavy atom. The SMILES string of the molecule is CCCCCCCC[SiH]=C1C=C(Br)SC1C1SC(Br)=CC1=[SiH]CCCCCCCC. The third kappa shape index (κ3) is 10.5. The lowest BCUT2D eigenvalue weighted by molar-refractivity contribution is 0.624. The first-order valence-corrected chi connectivity index (χ1v) is 18.3. The average Bonchev–Trinajstić information content (AvgIpc) is 3.28. The predicted octanol–water partition coefficient (Wildman–Crippen LogP) is 8.47. The molecule has 0 fully saturated rings. The fourth-order valence-corrected chi connectivity index (χ4v) is 13.1. The molecular weight excluding hydrogens is 568 g/mol. The van der Waals surface area contributed by atoms with E-state index in [4.69, 9.17) is 0 Å². The Hall–Kier alpha value is 1.31. The van der Waals surface area contributed by atoms with Crippen LogP contribution in [0.4, 0.5) is 0 Å². The highest BCUT2D eigenvalue weighted by Gasteiger charge is 2.34. The summed E-state index contributed by atoms with van der Waals surface area (Å²) in [7, 11) is 0.902. The van der Waals surface area contributed by atoms with E-state index in [0.717, 1.165) is 0 Å². The van der Waals surface area contributed by atoms with Gasteiger partial charge in [0.15, 0.2) is 0 Å². The lowest BCUT2D eigenvalue weighted by atomic mass is 10.1. The first kappa shape index (κ1) is 27.6. The maximum Gasteiger partial charge on any atom is 0.0508 e. The Kier molecular flexibility index (Phi) is 15.5. The van der Waals surface area contributed by atoms with Crippen LogP contribution in [0.5, 0.6) is 0 Å². The second kappa shape index (κ2) is 16.9. The molecule has 0 saturated carbocycles. The quantitative estimate of drug-likeness (QED) is 0.135. The van der Waals surface area contributed by atoms with Gasteiger partial charge >= 0.3 is 0 Å². The molecule has 2 heterocycles. The summed E-state index contributed by atoms with van der Waals surface area (Å²) in [6.45, 7) is 4.61. The second-order valence-electron chi connectivity index (χ2n) is 8.49. The van der Waals surface area contributed by atoms with Gasteiger partial charge in [0.05, 0.1) is 7.63 Å². The molecule has 2 rings (SSSR count). The zero-order valence-electron chi connectivity index (χ0n) is 18.9. The Bertz CT molecular complexity index is 575. The largest absolute Gasteiger partial charge is 0.109 e. The predicted molar refractivity (Wildman–Crippen MR) is 157 cm³/mol. The molecule has 0 nitrogen and oxygen atoms in total. The van der Waals surface area contributed by atoms with E-state index in [1.807, 2.05) is 0 Å². The molecule has 0 N–H and O–H groups in total. The average molecular weight is 609 g/mol. The fraction of sp³-hybridized carbons (Fsp3) is 0.750. The van der Waals surface area contributed by atoms with Crippen molar-refractivity contribution in [1.29, 1.82) is 0 Å². The monoisotopic (exact) mass is 606 g/mol. The fourth-order valence-electron chi connectivity index (χ4n) is 4.08. The highest BCUT2D eigenvalue weighted by Crippen LogP contribution is 2.45. The molecule has 0 bridgehead atoms. The number of hydrogen-bond donors (Lipinski definition) is 0. The van der Waals surface area contributed by atoms with E-state index in [9.17, 15) is 0 Å². The summed E-state index contributed by atoms with van der Waals surface area (Å²) in [4.78, 5) is 0. The van der Waals surface area contributed by atoms with Gasteiger partial charge < -0.3 is 0 Å². The lowest BCUT2D eigenvalue weighted by Gasteiger charge is -2.21. The summed E-state index contributed by atoms with van der Waals surface area (Å²) in [5.41, 5.74) is 0. The number of allylic oxidation sites excluding steroid dienone is 2. The van der Waals surface area contributed by atoms with Crippen LogP contribution in [0.3, 0.4) is 0 Å². The maximum atomic E-state index is 3.82. The molecule has 6 heteroatoms. The van der Waals surface area contributed by atoms with Gasteiger partial charge in [-0.15, -0.1) is 23.5 Å². The zero-order chi connectivity index (χ0) is 21.6. The van der Waals surface area contributed by atoms with Crippen LogP contribution < -0.4 is 0 Å². The molecule has 2 aliphatic heterocycles. The Balaban J connectivity index is 1.84. The Labute approximate surface area is 215 Å². The highest BCUT2D eigenvalue weighted by molar-refractivity contribution is 9.14. The summed E-state index contributed by atoms with van der Waals surface area (Å²) in [6.07, 6.45) is 22.0. The van der Waals surface area contributed by atoms with Crippen molar-refractivity contribution in [1.82, 2.24) is 0 Å². The lowest BCUT2D eigenvalue weighted by Crippen LogP contribution is -2.32. The first-order valence-electron chi connectivity index (χ1n) is 12.1. The summed E-state index contributed by atoms with van der Waals surface area (Å²) in [6, 6.07) is 2.89. The topological polar surface area (TPSA) is 0 Å². The molecule has 30 heavy (non-hydrogen) atoms. The van der Waals surface area contributed by atoms with Crippen LogP contribution in [-0.4, -0.2) is 39.1 Å². The second-order valence-corrected chi connectivity index (χ2v) is 16.9. The standard InChI is InChI=1S/C24H40Br2S2Si2/c1-3-5-7-9-11-13-15-29-19-17-21(25)27-23(19)24-20(18-22(26)28-24)30-16-14-12-10-8-6-4-2/h17-18,23-24,29-30H,3-16H2,1-2H3. The Morgan fingerprint density at radius 2 is 1.00 bits per heavy atom. The number of thioether (sulfide) groups is 2. The van der Waals surface area contributed by atoms with Crippen LogP contribution in [0.2, 0.25) is 12.1 Å². The van der Waals surface area contributed by atoms with Gasteiger partial charge in [-0.05, 0) is 74.4 Å². The smallest absolute Gasteiger partial charge is 0.0508 e. The van der Waals surface area contributed by atoms with E-state index >= 15 is 0 Å². The molecule has 0 saturated heterocycles. The number of rotatable bonds is 15. The van der Waals surface area contributed by atoms with Crippen molar-refractivity contribution >= 4 is 84.0 Å². The molecule has 2 atom stereocenters. The normalized spacial score (nSPS) is 24.1. The van der Waals surface area contributed by atoms with Crippen LogP contribution >= 0.6 is 55.4 Å². The van der Waals surface area contributed by atoms with Crippen molar-refractivity contribution in [3.63, 3.8) is 0 Å². The molecule has 0 amide bonds. The molecule has 0 aliphatic carbocycles. The first-order chi connectivity index (χ1) is 14.7. The van der Waals surface area contributed by atoms with Crippen LogP contribution in [0.25, 0.3) is 0 Å². The molecule has 0 aromatic rings. The van der Waals surface area contributed by atoms with E-state index in [-0.39, 0.29) is 0 Å². The van der Waals surface area contributed by atoms with Crippen molar-refractivity contribution < 1.29 is 0 Å². The van der Waals surface area contributed by atoms with E-state index in [1.54, 1.807) is 10.3 Å². The van der Waals surface area contributed by atoms with Crippen molar-refractivity contribution in [3.05, 3.63) is 19.8 Å². The number of halogens is 2. The van der Waals surface area contributed by atoms with Gasteiger partial charge in [0.1, 0.15) is 0 Å². The molecular formula is C24H40Br2S2Si2. The molecule has 170 valence electrons. The summed E-state index contributed by atoms with van der Waals surface area (Å²) in [5, 5.41) is 4.89. The molecule has 0 radical (unpaired) electrons. The van der Waals surface area contributed by atoms with Gasteiger partial charge in [-0.3, -0.25) is 0 Å². The third-order valence-corrected chi connectivity index (χ3v) is 13.8. The minimum Gasteiger partial charge on any atom is -0.109 e. The van der Waals surface area contributed by atoms with Crippen molar-refractivity contribution in [2.24, 2.45) is 0 Å². The van der Waals surface area contributed by atoms with E-state index in [1.165, 1.54) is 96.8 Å². The van der Waals surface area contributed by atoms with Gasteiger partial charge in [0, 0.05) is 10.5 Å². The summed E-state index contributed by atoms with van der Waals surface area (Å²) in [5.74, 6) is 0. The van der Waals surface area contributed by atoms with Gasteiger partial charge in [-0.25, -0.2) is 0 Å². The van der Waals surface area contributed by atoms with Crippen molar-refractivity contribution in [2.45, 2.75) is 113 Å². The maximum absolute atomic E-state index is 3.82. The Morgan fingerprint density at radius 1 is 0.633 bits per heavy atom. The van der Waals surface area contributed by atoms with Gasteiger partial charge in [-0.1, -0.05) is 101 Å². The molecule has 0 spiro atoms. The van der Waals surface area contributed by atoms with Crippen LogP contribution in [0.1, 0.15) is 90.9 Å². The van der Waals surface area contributed by atoms with Crippen molar-refractivity contribution in [2.75, 3.05) is 0 Å². The van der Waals surface area contributed by atoms with E-state index in [0.29, 0.717) is 28.8 Å². The highest BCUT2D eigenvalue weighted by atomic mass is 79.9. The zero-order valence-corrected chi connectivity index (χ0v) is 26.1. The minimum absolute atomic E-state index is 0.451. The summed E-state index contributed by atoms with van der Waals surface area (Å²) < 4.78 is 2.73.